The summed E-state index contributed by atoms with van der Waals surface area (Å²) in [5, 5.41) is 0. The Kier molecular flexibility index (Phi) is 6.01. The molecular weight excluding hydrogens is 470 g/mol. The highest BCUT2D eigenvalue weighted by Crippen LogP contribution is 2.43. The van der Waals surface area contributed by atoms with Crippen LogP contribution in [0.2, 0.25) is 0 Å². The fourth-order valence-corrected chi connectivity index (χ4v) is 4.92. The lowest BCUT2D eigenvalue weighted by atomic mass is 9.98. The van der Waals surface area contributed by atoms with Crippen LogP contribution in [0.3, 0.4) is 0 Å². The number of pyridine rings is 1. The lowest BCUT2D eigenvalue weighted by Crippen LogP contribution is -2.35. The molecule has 1 atom stereocenters. The van der Waals surface area contributed by atoms with E-state index in [0.29, 0.717) is 42.3 Å². The molecule has 3 aromatic rings. The highest BCUT2D eigenvalue weighted by atomic mass is 16.6. The summed E-state index contributed by atoms with van der Waals surface area (Å²) in [7, 11) is 0. The Morgan fingerprint density at radius 1 is 1.16 bits per heavy atom. The smallest absolute Gasteiger partial charge is 0.410 e. The summed E-state index contributed by atoms with van der Waals surface area (Å²) < 4.78 is 14.0. The molecule has 5 rings (SSSR count). The zero-order valence-corrected chi connectivity index (χ0v) is 21.7. The number of carbonyl (C=O) groups excluding carboxylic acids is 2. The van der Waals surface area contributed by atoms with Crippen molar-refractivity contribution < 1.29 is 19.1 Å². The Labute approximate surface area is 215 Å². The van der Waals surface area contributed by atoms with Crippen molar-refractivity contribution in [2.45, 2.75) is 46.3 Å². The summed E-state index contributed by atoms with van der Waals surface area (Å²) in [5.74, 6) is 1.17. The number of Topliss-reactive ketones (excluding diaryl/α,β-unsaturated/α-hetero) is 1. The molecule has 0 spiro atoms. The van der Waals surface area contributed by atoms with Crippen LogP contribution in [0.15, 0.2) is 48.3 Å². The summed E-state index contributed by atoms with van der Waals surface area (Å²) in [4.78, 5) is 36.5. The average molecular weight is 502 g/mol. The van der Waals surface area contributed by atoms with Gasteiger partial charge in [-0.2, -0.15) is 0 Å². The van der Waals surface area contributed by atoms with Gasteiger partial charge in [0.15, 0.2) is 11.5 Å². The minimum absolute atomic E-state index is 0.135. The number of aromatic nitrogens is 3. The lowest BCUT2D eigenvalue weighted by molar-refractivity contribution is -0.111. The number of imidazole rings is 1. The number of amides is 1. The first kappa shape index (κ1) is 24.5. The molecule has 1 aromatic carbocycles. The van der Waals surface area contributed by atoms with Crippen LogP contribution in [0.4, 0.5) is 4.79 Å². The van der Waals surface area contributed by atoms with Crippen LogP contribution in [0, 0.1) is 0 Å². The Bertz CT molecular complexity index is 1460. The molecule has 9 heteroatoms. The van der Waals surface area contributed by atoms with Gasteiger partial charge in [-0.3, -0.25) is 9.78 Å². The minimum atomic E-state index is -0.580. The van der Waals surface area contributed by atoms with E-state index in [1.54, 1.807) is 18.0 Å². The number of carbonyl (C=O) groups is 2. The van der Waals surface area contributed by atoms with Crippen LogP contribution in [0.5, 0.6) is 5.75 Å². The summed E-state index contributed by atoms with van der Waals surface area (Å²) in [6, 6.07) is 9.24. The molecule has 0 bridgehead atoms. The van der Waals surface area contributed by atoms with E-state index >= 15 is 0 Å². The second kappa shape index (κ2) is 9.06. The minimum Gasteiger partial charge on any atom is -0.488 e. The van der Waals surface area contributed by atoms with Crippen molar-refractivity contribution in [3.8, 4) is 5.75 Å². The standard InChI is InChI=1S/C28H31N5O4/c1-16(29)23(17(2)34)19-9-10-21-24-25(19)36-15-22(20-8-6-7-12-30-20)33(24)26(31-21)18-11-13-32(14-18)27(35)37-28(3,4)5/h6-12,22H,13-15,29H2,1-5H3/b23-16+/t22-/m1/s1. The Balaban J connectivity index is 1.65. The van der Waals surface area contributed by atoms with Gasteiger partial charge in [0.25, 0.3) is 0 Å². The van der Waals surface area contributed by atoms with Crippen LogP contribution >= 0.6 is 0 Å². The molecule has 1 amide bonds. The molecule has 0 saturated carbocycles. The third-order valence-electron chi connectivity index (χ3n) is 6.41. The number of ketones is 1. The van der Waals surface area contributed by atoms with Gasteiger partial charge in [0.05, 0.1) is 17.8 Å². The van der Waals surface area contributed by atoms with Gasteiger partial charge in [0, 0.05) is 35.1 Å². The average Bonchev–Trinajstić information content (AvgIpc) is 3.46. The van der Waals surface area contributed by atoms with Crippen LogP contribution in [0.1, 0.15) is 57.7 Å². The third kappa shape index (κ3) is 4.45. The summed E-state index contributed by atoms with van der Waals surface area (Å²) >= 11 is 0. The van der Waals surface area contributed by atoms with Crippen molar-refractivity contribution in [2.75, 3.05) is 19.7 Å². The van der Waals surface area contributed by atoms with Crippen LogP contribution < -0.4 is 10.5 Å². The monoisotopic (exact) mass is 501 g/mol. The van der Waals surface area contributed by atoms with Gasteiger partial charge >= 0.3 is 6.09 Å². The molecule has 9 nitrogen and oxygen atoms in total. The largest absolute Gasteiger partial charge is 0.488 e. The van der Waals surface area contributed by atoms with Gasteiger partial charge in [-0.25, -0.2) is 9.78 Å². The van der Waals surface area contributed by atoms with Crippen LogP contribution in [-0.2, 0) is 9.53 Å². The molecule has 4 heterocycles. The summed E-state index contributed by atoms with van der Waals surface area (Å²) in [6.07, 6.45) is 3.39. The highest BCUT2D eigenvalue weighted by molar-refractivity contribution is 6.22. The molecule has 0 unspecified atom stereocenters. The second-order valence-corrected chi connectivity index (χ2v) is 10.4. The summed E-state index contributed by atoms with van der Waals surface area (Å²) in [5.41, 5.74) is 10.3. The maximum absolute atomic E-state index is 12.7. The number of nitrogens with zero attached hydrogens (tertiary/aromatic N) is 4. The van der Waals surface area contributed by atoms with Gasteiger partial charge in [0.1, 0.15) is 29.6 Å². The van der Waals surface area contributed by atoms with Crippen molar-refractivity contribution in [3.05, 3.63) is 65.4 Å². The topological polar surface area (TPSA) is 113 Å². The fourth-order valence-electron chi connectivity index (χ4n) is 4.92. The first-order chi connectivity index (χ1) is 17.5. The van der Waals surface area contributed by atoms with E-state index in [4.69, 9.17) is 20.2 Å². The normalized spacial score (nSPS) is 17.8. The second-order valence-electron chi connectivity index (χ2n) is 10.4. The quantitative estimate of drug-likeness (QED) is 0.530. The molecule has 0 radical (unpaired) electrons. The van der Waals surface area contributed by atoms with Crippen LogP contribution in [-0.4, -0.2) is 56.6 Å². The number of rotatable bonds is 4. The number of allylic oxidation sites excluding steroid dienone is 2. The number of nitrogens with two attached hydrogens (primary N) is 1. The van der Waals surface area contributed by atoms with E-state index in [2.05, 4.69) is 9.55 Å². The molecule has 2 aliphatic heterocycles. The van der Waals surface area contributed by atoms with Crippen LogP contribution in [0.25, 0.3) is 22.2 Å². The third-order valence-corrected chi connectivity index (χ3v) is 6.41. The van der Waals surface area contributed by atoms with E-state index in [1.165, 1.54) is 6.92 Å². The first-order valence-electron chi connectivity index (χ1n) is 12.3. The Morgan fingerprint density at radius 3 is 2.59 bits per heavy atom. The van der Waals surface area contributed by atoms with Gasteiger partial charge in [-0.05, 0) is 58.9 Å². The summed E-state index contributed by atoms with van der Waals surface area (Å²) in [6.45, 7) is 9.87. The molecule has 37 heavy (non-hydrogen) atoms. The van der Waals surface area contributed by atoms with E-state index in [0.717, 1.165) is 28.1 Å². The molecule has 0 aliphatic carbocycles. The number of ether oxygens (including phenoxy) is 2. The van der Waals surface area contributed by atoms with Crippen molar-refractivity contribution in [1.29, 1.82) is 0 Å². The van der Waals surface area contributed by atoms with Gasteiger partial charge in [0.2, 0.25) is 0 Å². The van der Waals surface area contributed by atoms with Crippen molar-refractivity contribution >= 4 is 34.1 Å². The number of hydrogen-bond acceptors (Lipinski definition) is 7. The Hall–Kier alpha value is -4.14. The SMILES string of the molecule is CC(=O)/C(=C(/C)N)c1ccc2nc(C3=CCN(C(=O)OC(C)(C)C)C3)n3c2c1OC[C@@H]3c1ccccn1. The van der Waals surface area contributed by atoms with E-state index in [-0.39, 0.29) is 17.9 Å². The fraction of sp³-hybridized carbons (Fsp3) is 0.357. The maximum atomic E-state index is 12.7. The molecule has 0 saturated heterocycles. The number of hydrogen-bond donors (Lipinski definition) is 1. The predicted octanol–water partition coefficient (Wildman–Crippen LogP) is 4.33. The van der Waals surface area contributed by atoms with Gasteiger partial charge in [-0.15, -0.1) is 0 Å². The van der Waals surface area contributed by atoms with E-state index in [1.807, 2.05) is 57.2 Å². The first-order valence-corrected chi connectivity index (χ1v) is 12.3. The van der Waals surface area contributed by atoms with E-state index < -0.39 is 5.60 Å². The Morgan fingerprint density at radius 2 is 1.95 bits per heavy atom. The van der Waals surface area contributed by atoms with Gasteiger partial charge < -0.3 is 24.7 Å². The van der Waals surface area contributed by atoms with Gasteiger partial charge in [-0.1, -0.05) is 12.1 Å². The van der Waals surface area contributed by atoms with Crippen molar-refractivity contribution in [3.63, 3.8) is 0 Å². The molecule has 2 N–H and O–H groups in total. The highest BCUT2D eigenvalue weighted by Gasteiger charge is 2.35. The lowest BCUT2D eigenvalue weighted by Gasteiger charge is -2.29. The predicted molar refractivity (Wildman–Crippen MR) is 141 cm³/mol. The molecule has 0 fully saturated rings. The number of benzene rings is 1. The zero-order valence-electron chi connectivity index (χ0n) is 21.7. The zero-order chi connectivity index (χ0) is 26.5. The molecule has 2 aliphatic rings. The van der Waals surface area contributed by atoms with Crippen molar-refractivity contribution in [1.82, 2.24) is 19.4 Å². The van der Waals surface area contributed by atoms with Crippen molar-refractivity contribution in [2.24, 2.45) is 5.73 Å². The molecular formula is C28H31N5O4. The molecule has 192 valence electrons. The maximum Gasteiger partial charge on any atom is 0.410 e. The van der Waals surface area contributed by atoms with E-state index in [9.17, 15) is 9.59 Å². The molecule has 2 aromatic heterocycles.